The smallest absolute Gasteiger partial charge is 0.340 e. The summed E-state index contributed by atoms with van der Waals surface area (Å²) >= 11 is 0. The first-order chi connectivity index (χ1) is 13.6. The van der Waals surface area contributed by atoms with Crippen molar-refractivity contribution in [3.63, 3.8) is 0 Å². The Labute approximate surface area is 162 Å². The zero-order valence-electron chi connectivity index (χ0n) is 15.2. The first kappa shape index (κ1) is 19.1. The molecule has 28 heavy (non-hydrogen) atoms. The standard InChI is InChI=1S/C22H19FN2O3/c1-2-28-22(27)18-8-4-6-10-20(18)24-15-11-13-16(14-12-15)25-21(26)17-7-3-5-9-19(17)23/h3-14,24H,2H2,1H3,(H,25,26). The number of halogens is 1. The molecule has 3 aromatic carbocycles. The van der Waals surface area contributed by atoms with E-state index in [1.54, 1.807) is 55.5 Å². The Bertz CT molecular complexity index is 987. The van der Waals surface area contributed by atoms with Gasteiger partial charge in [0, 0.05) is 11.4 Å². The van der Waals surface area contributed by atoms with Crippen LogP contribution in [0.2, 0.25) is 0 Å². The molecule has 2 N–H and O–H groups in total. The molecule has 3 rings (SSSR count). The first-order valence-corrected chi connectivity index (χ1v) is 8.77. The van der Waals surface area contributed by atoms with Crippen LogP contribution < -0.4 is 10.6 Å². The lowest BCUT2D eigenvalue weighted by atomic mass is 10.1. The van der Waals surface area contributed by atoms with E-state index in [4.69, 9.17) is 4.74 Å². The van der Waals surface area contributed by atoms with Gasteiger partial charge in [0.25, 0.3) is 5.91 Å². The summed E-state index contributed by atoms with van der Waals surface area (Å²) in [6, 6.07) is 19.7. The quantitative estimate of drug-likeness (QED) is 0.593. The molecule has 0 aliphatic carbocycles. The summed E-state index contributed by atoms with van der Waals surface area (Å²) in [7, 11) is 0. The van der Waals surface area contributed by atoms with Crippen LogP contribution in [-0.2, 0) is 4.74 Å². The van der Waals surface area contributed by atoms with Crippen LogP contribution in [0.4, 0.5) is 21.5 Å². The van der Waals surface area contributed by atoms with E-state index >= 15 is 0 Å². The number of ether oxygens (including phenoxy) is 1. The van der Waals surface area contributed by atoms with Gasteiger partial charge in [0.05, 0.1) is 23.4 Å². The number of amides is 1. The van der Waals surface area contributed by atoms with Gasteiger partial charge in [0.1, 0.15) is 5.82 Å². The van der Waals surface area contributed by atoms with Gasteiger partial charge < -0.3 is 15.4 Å². The van der Waals surface area contributed by atoms with Crippen molar-refractivity contribution >= 4 is 28.9 Å². The Balaban J connectivity index is 1.71. The number of hydrogen-bond acceptors (Lipinski definition) is 4. The van der Waals surface area contributed by atoms with Crippen molar-refractivity contribution < 1.29 is 18.7 Å². The predicted octanol–water partition coefficient (Wildman–Crippen LogP) is 5.00. The van der Waals surface area contributed by atoms with Crippen molar-refractivity contribution in [2.24, 2.45) is 0 Å². The summed E-state index contributed by atoms with van der Waals surface area (Å²) in [6.07, 6.45) is 0. The highest BCUT2D eigenvalue weighted by Gasteiger charge is 2.13. The number of esters is 1. The van der Waals surface area contributed by atoms with Crippen LogP contribution in [0.25, 0.3) is 0 Å². The van der Waals surface area contributed by atoms with Crippen molar-refractivity contribution in [1.82, 2.24) is 0 Å². The number of hydrogen-bond donors (Lipinski definition) is 2. The lowest BCUT2D eigenvalue weighted by Crippen LogP contribution is -2.13. The molecule has 0 aromatic heterocycles. The zero-order chi connectivity index (χ0) is 19.9. The second kappa shape index (κ2) is 8.81. The Morgan fingerprint density at radius 2 is 1.46 bits per heavy atom. The van der Waals surface area contributed by atoms with E-state index in [0.717, 1.165) is 5.69 Å². The summed E-state index contributed by atoms with van der Waals surface area (Å²) in [5.41, 5.74) is 2.27. The molecule has 0 atom stereocenters. The summed E-state index contributed by atoms with van der Waals surface area (Å²) in [5.74, 6) is -1.50. The molecule has 3 aromatic rings. The van der Waals surface area contributed by atoms with Crippen LogP contribution in [0.15, 0.2) is 72.8 Å². The van der Waals surface area contributed by atoms with Gasteiger partial charge in [-0.3, -0.25) is 4.79 Å². The monoisotopic (exact) mass is 378 g/mol. The summed E-state index contributed by atoms with van der Waals surface area (Å²) in [5, 5.41) is 5.82. The first-order valence-electron chi connectivity index (χ1n) is 8.77. The third kappa shape index (κ3) is 4.54. The van der Waals surface area contributed by atoms with Crippen LogP contribution in [0.3, 0.4) is 0 Å². The molecule has 142 valence electrons. The fourth-order valence-electron chi connectivity index (χ4n) is 2.62. The maximum Gasteiger partial charge on any atom is 0.340 e. The average Bonchev–Trinajstić information content (AvgIpc) is 2.70. The van der Waals surface area contributed by atoms with Crippen LogP contribution >= 0.6 is 0 Å². The predicted molar refractivity (Wildman–Crippen MR) is 106 cm³/mol. The molecular weight excluding hydrogens is 359 g/mol. The Morgan fingerprint density at radius 1 is 0.857 bits per heavy atom. The Hall–Kier alpha value is -3.67. The zero-order valence-corrected chi connectivity index (χ0v) is 15.2. The van der Waals surface area contributed by atoms with Gasteiger partial charge >= 0.3 is 5.97 Å². The molecule has 1 amide bonds. The van der Waals surface area contributed by atoms with Crippen LogP contribution in [0.1, 0.15) is 27.6 Å². The lowest BCUT2D eigenvalue weighted by molar-refractivity contribution is 0.0527. The van der Waals surface area contributed by atoms with Crippen molar-refractivity contribution in [3.05, 3.63) is 89.7 Å². The van der Waals surface area contributed by atoms with Gasteiger partial charge in [0.2, 0.25) is 0 Å². The highest BCUT2D eigenvalue weighted by molar-refractivity contribution is 6.04. The SMILES string of the molecule is CCOC(=O)c1ccccc1Nc1ccc(NC(=O)c2ccccc2F)cc1. The number of carbonyl (C=O) groups is 2. The Kier molecular flexibility index (Phi) is 6.01. The second-order valence-corrected chi connectivity index (χ2v) is 5.90. The highest BCUT2D eigenvalue weighted by atomic mass is 19.1. The maximum atomic E-state index is 13.7. The van der Waals surface area contributed by atoms with Gasteiger partial charge in [0.15, 0.2) is 0 Å². The van der Waals surface area contributed by atoms with Gasteiger partial charge in [-0.2, -0.15) is 0 Å². The molecule has 5 nitrogen and oxygen atoms in total. The van der Waals surface area contributed by atoms with Crippen molar-refractivity contribution in [3.8, 4) is 0 Å². The normalized spacial score (nSPS) is 10.2. The van der Waals surface area contributed by atoms with E-state index < -0.39 is 17.7 Å². The third-order valence-corrected chi connectivity index (χ3v) is 3.96. The number of nitrogens with one attached hydrogen (secondary N) is 2. The minimum absolute atomic E-state index is 0.0203. The van der Waals surface area contributed by atoms with E-state index in [1.165, 1.54) is 18.2 Å². The summed E-state index contributed by atoms with van der Waals surface area (Å²) < 4.78 is 18.8. The molecule has 0 fully saturated rings. The van der Waals surface area contributed by atoms with Crippen LogP contribution in [0.5, 0.6) is 0 Å². The summed E-state index contributed by atoms with van der Waals surface area (Å²) in [4.78, 5) is 24.2. The fourth-order valence-corrected chi connectivity index (χ4v) is 2.62. The van der Waals surface area contributed by atoms with Crippen LogP contribution in [-0.4, -0.2) is 18.5 Å². The number of anilines is 3. The van der Waals surface area contributed by atoms with E-state index in [1.807, 2.05) is 6.07 Å². The Morgan fingerprint density at radius 3 is 2.14 bits per heavy atom. The number of carbonyl (C=O) groups excluding carboxylic acids is 2. The van der Waals surface area contributed by atoms with Gasteiger partial charge in [-0.25, -0.2) is 9.18 Å². The topological polar surface area (TPSA) is 67.4 Å². The number of rotatable bonds is 6. The molecule has 0 spiro atoms. The molecule has 0 aliphatic heterocycles. The highest BCUT2D eigenvalue weighted by Crippen LogP contribution is 2.23. The maximum absolute atomic E-state index is 13.7. The van der Waals surface area contributed by atoms with Gasteiger partial charge in [-0.1, -0.05) is 24.3 Å². The third-order valence-electron chi connectivity index (χ3n) is 3.96. The molecule has 6 heteroatoms. The van der Waals surface area contributed by atoms with E-state index in [0.29, 0.717) is 23.5 Å². The average molecular weight is 378 g/mol. The van der Waals surface area contributed by atoms with Crippen LogP contribution in [0, 0.1) is 5.82 Å². The number of benzene rings is 3. The molecule has 0 heterocycles. The van der Waals surface area contributed by atoms with Gasteiger partial charge in [-0.15, -0.1) is 0 Å². The minimum atomic E-state index is -0.575. The molecule has 0 saturated carbocycles. The van der Waals surface area contributed by atoms with E-state index in [9.17, 15) is 14.0 Å². The van der Waals surface area contributed by atoms with Crippen molar-refractivity contribution in [2.75, 3.05) is 17.2 Å². The molecule has 0 unspecified atom stereocenters. The van der Waals surface area contributed by atoms with Crippen molar-refractivity contribution in [1.29, 1.82) is 0 Å². The van der Waals surface area contributed by atoms with E-state index in [2.05, 4.69) is 10.6 Å². The van der Waals surface area contributed by atoms with Gasteiger partial charge in [-0.05, 0) is 55.5 Å². The summed E-state index contributed by atoms with van der Waals surface area (Å²) in [6.45, 7) is 2.05. The minimum Gasteiger partial charge on any atom is -0.462 e. The number of para-hydroxylation sites is 1. The molecule has 0 aliphatic rings. The largest absolute Gasteiger partial charge is 0.462 e. The second-order valence-electron chi connectivity index (χ2n) is 5.90. The molecule has 0 saturated heterocycles. The lowest BCUT2D eigenvalue weighted by Gasteiger charge is -2.12. The van der Waals surface area contributed by atoms with E-state index in [-0.39, 0.29) is 5.56 Å². The molecule has 0 radical (unpaired) electrons. The molecular formula is C22H19FN2O3. The van der Waals surface area contributed by atoms with Crippen molar-refractivity contribution in [2.45, 2.75) is 6.92 Å². The fraction of sp³-hybridized carbons (Fsp3) is 0.0909. The molecule has 0 bridgehead atoms.